The van der Waals surface area contributed by atoms with Crippen molar-refractivity contribution in [1.29, 1.82) is 0 Å². The van der Waals surface area contributed by atoms with Gasteiger partial charge < -0.3 is 19.9 Å². The van der Waals surface area contributed by atoms with Gasteiger partial charge >= 0.3 is 0 Å². The third kappa shape index (κ3) is 4.29. The van der Waals surface area contributed by atoms with E-state index in [2.05, 4.69) is 11.9 Å². The summed E-state index contributed by atoms with van der Waals surface area (Å²) in [7, 11) is 2.93. The van der Waals surface area contributed by atoms with Gasteiger partial charge in [0.1, 0.15) is 18.1 Å². The molecule has 0 fully saturated rings. The molecule has 26 heavy (non-hydrogen) atoms. The highest BCUT2D eigenvalue weighted by Gasteiger charge is 2.22. The Hall–Kier alpha value is -3.12. The van der Waals surface area contributed by atoms with E-state index in [1.807, 2.05) is 0 Å². The minimum Gasteiger partial charge on any atom is -0.507 e. The van der Waals surface area contributed by atoms with Gasteiger partial charge in [-0.1, -0.05) is 12.1 Å². The van der Waals surface area contributed by atoms with Gasteiger partial charge in [-0.05, 0) is 42.3 Å². The predicted molar refractivity (Wildman–Crippen MR) is 98.9 cm³/mol. The lowest BCUT2D eigenvalue weighted by Crippen LogP contribution is -2.19. The smallest absolute Gasteiger partial charge is 0.250 e. The molecule has 0 saturated carbocycles. The molecular weight excluding hydrogens is 334 g/mol. The molecule has 0 aliphatic carbocycles. The second-order valence-electron chi connectivity index (χ2n) is 5.53. The molecule has 0 aliphatic heterocycles. The Morgan fingerprint density at radius 3 is 2.42 bits per heavy atom. The number of carbonyl (C=O) groups is 2. The minimum absolute atomic E-state index is 0.0268. The summed E-state index contributed by atoms with van der Waals surface area (Å²) in [5, 5.41) is 13.2. The van der Waals surface area contributed by atoms with E-state index < -0.39 is 11.7 Å². The second-order valence-corrected chi connectivity index (χ2v) is 5.53. The van der Waals surface area contributed by atoms with E-state index in [1.54, 1.807) is 42.5 Å². The fraction of sp³-hybridized carbons (Fsp3) is 0.200. The van der Waals surface area contributed by atoms with Gasteiger partial charge in [0.25, 0.3) is 0 Å². The summed E-state index contributed by atoms with van der Waals surface area (Å²) in [5.74, 6) is -0.406. The normalized spacial score (nSPS) is 10.2. The second kappa shape index (κ2) is 8.82. The van der Waals surface area contributed by atoms with Crippen LogP contribution in [0.15, 0.2) is 49.1 Å². The summed E-state index contributed by atoms with van der Waals surface area (Å²) < 4.78 is 9.88. The first-order valence-corrected chi connectivity index (χ1v) is 7.95. The molecule has 1 amide bonds. The van der Waals surface area contributed by atoms with Gasteiger partial charge in [-0.2, -0.15) is 0 Å². The number of ketones is 1. The van der Waals surface area contributed by atoms with Crippen molar-refractivity contribution in [3.05, 3.63) is 65.7 Å². The van der Waals surface area contributed by atoms with Crippen LogP contribution in [0, 0.1) is 0 Å². The molecule has 0 unspecified atom stereocenters. The number of ether oxygens (including phenoxy) is 2. The number of benzene rings is 2. The maximum atomic E-state index is 13.0. The van der Waals surface area contributed by atoms with Gasteiger partial charge in [-0.3, -0.25) is 9.59 Å². The first kappa shape index (κ1) is 19.2. The summed E-state index contributed by atoms with van der Waals surface area (Å²) in [4.78, 5) is 24.8. The highest BCUT2D eigenvalue weighted by atomic mass is 16.5. The molecule has 0 radical (unpaired) electrons. The lowest BCUT2D eigenvalue weighted by molar-refractivity contribution is -0.119. The number of nitrogens with one attached hydrogen (secondary N) is 1. The van der Waals surface area contributed by atoms with Crippen molar-refractivity contribution >= 4 is 17.4 Å². The van der Waals surface area contributed by atoms with Gasteiger partial charge in [0.15, 0.2) is 5.78 Å². The highest BCUT2D eigenvalue weighted by Crippen LogP contribution is 2.33. The van der Waals surface area contributed by atoms with Crippen LogP contribution >= 0.6 is 0 Å². The van der Waals surface area contributed by atoms with E-state index >= 15 is 0 Å². The Labute approximate surface area is 152 Å². The number of rotatable bonds is 8. The Bertz CT molecular complexity index is 812. The summed E-state index contributed by atoms with van der Waals surface area (Å²) in [6.07, 6.45) is 2.01. The molecule has 0 aliphatic rings. The van der Waals surface area contributed by atoms with E-state index in [4.69, 9.17) is 9.47 Å². The molecule has 0 aromatic heterocycles. The lowest BCUT2D eigenvalue weighted by atomic mass is 9.96. The van der Waals surface area contributed by atoms with Crippen molar-refractivity contribution in [1.82, 2.24) is 0 Å². The fourth-order valence-corrected chi connectivity index (χ4v) is 2.49. The van der Waals surface area contributed by atoms with Crippen LogP contribution in [0.5, 0.6) is 11.5 Å². The van der Waals surface area contributed by atoms with Crippen molar-refractivity contribution in [3.63, 3.8) is 0 Å². The zero-order chi connectivity index (χ0) is 19.1. The van der Waals surface area contributed by atoms with E-state index in [0.717, 1.165) is 0 Å². The number of phenolic OH excluding ortho intramolecular Hbond substituents is 1. The van der Waals surface area contributed by atoms with E-state index in [9.17, 15) is 14.7 Å². The molecule has 0 saturated heterocycles. The first-order chi connectivity index (χ1) is 12.5. The predicted octanol–water partition coefficient (Wildman–Crippen LogP) is 2.95. The van der Waals surface area contributed by atoms with E-state index in [1.165, 1.54) is 14.2 Å². The standard InChI is InChI=1S/C20H21NO5/c1-4-5-13-8-11-16(21-17(22)12-25-2)18(19(13)23)20(24)14-6-9-15(26-3)10-7-14/h4,6-11,23H,1,5,12H2,2-3H3,(H,21,22). The van der Waals surface area contributed by atoms with Crippen LogP contribution in [-0.4, -0.2) is 37.6 Å². The minimum atomic E-state index is -0.424. The molecule has 0 atom stereocenters. The zero-order valence-corrected chi connectivity index (χ0v) is 14.7. The Kier molecular flexibility index (Phi) is 6.52. The number of allylic oxidation sites excluding steroid dienone is 1. The summed E-state index contributed by atoms with van der Waals surface area (Å²) in [5.41, 5.74) is 1.15. The van der Waals surface area contributed by atoms with Crippen molar-refractivity contribution in [2.45, 2.75) is 6.42 Å². The molecule has 6 heteroatoms. The molecule has 6 nitrogen and oxygen atoms in total. The molecule has 0 bridgehead atoms. The quantitative estimate of drug-likeness (QED) is 0.562. The topological polar surface area (TPSA) is 84.9 Å². The average molecular weight is 355 g/mol. The number of amides is 1. The number of carbonyl (C=O) groups excluding carboxylic acids is 2. The molecule has 136 valence electrons. The SMILES string of the molecule is C=CCc1ccc(NC(=O)COC)c(C(=O)c2ccc(OC)cc2)c1O. The highest BCUT2D eigenvalue weighted by molar-refractivity contribution is 6.15. The van der Waals surface area contributed by atoms with E-state index in [-0.39, 0.29) is 23.6 Å². The fourth-order valence-electron chi connectivity index (χ4n) is 2.49. The maximum absolute atomic E-state index is 13.0. The molecule has 2 N–H and O–H groups in total. The summed E-state index contributed by atoms with van der Waals surface area (Å²) in [6, 6.07) is 9.73. The van der Waals surface area contributed by atoms with Crippen LogP contribution in [-0.2, 0) is 16.0 Å². The van der Waals surface area contributed by atoms with Gasteiger partial charge in [0, 0.05) is 12.7 Å². The number of hydrogen-bond acceptors (Lipinski definition) is 5. The number of hydrogen-bond donors (Lipinski definition) is 2. The zero-order valence-electron chi connectivity index (χ0n) is 14.7. The van der Waals surface area contributed by atoms with Crippen molar-refractivity contribution in [2.24, 2.45) is 0 Å². The molecule has 0 spiro atoms. The number of aromatic hydroxyl groups is 1. The number of anilines is 1. The average Bonchev–Trinajstić information content (AvgIpc) is 2.64. The van der Waals surface area contributed by atoms with Crippen LogP contribution < -0.4 is 10.1 Å². The van der Waals surface area contributed by atoms with Crippen LogP contribution in [0.3, 0.4) is 0 Å². The molecule has 2 aromatic carbocycles. The van der Waals surface area contributed by atoms with Gasteiger partial charge in [0.05, 0.1) is 18.4 Å². The molecular formula is C20H21NO5. The van der Waals surface area contributed by atoms with Crippen molar-refractivity contribution < 1.29 is 24.2 Å². The molecule has 0 heterocycles. The Morgan fingerprint density at radius 1 is 1.15 bits per heavy atom. The van der Waals surface area contributed by atoms with Crippen LogP contribution in [0.4, 0.5) is 5.69 Å². The van der Waals surface area contributed by atoms with Gasteiger partial charge in [-0.15, -0.1) is 6.58 Å². The van der Waals surface area contributed by atoms with E-state index in [0.29, 0.717) is 23.3 Å². The van der Waals surface area contributed by atoms with Crippen LogP contribution in [0.25, 0.3) is 0 Å². The Morgan fingerprint density at radius 2 is 1.85 bits per heavy atom. The number of methoxy groups -OCH3 is 2. The molecule has 2 rings (SSSR count). The van der Waals surface area contributed by atoms with Gasteiger partial charge in [0.2, 0.25) is 5.91 Å². The van der Waals surface area contributed by atoms with Crippen molar-refractivity contribution in [3.8, 4) is 11.5 Å². The maximum Gasteiger partial charge on any atom is 0.250 e. The monoisotopic (exact) mass is 355 g/mol. The van der Waals surface area contributed by atoms with Gasteiger partial charge in [-0.25, -0.2) is 0 Å². The van der Waals surface area contributed by atoms with Crippen LogP contribution in [0.2, 0.25) is 0 Å². The van der Waals surface area contributed by atoms with Crippen LogP contribution in [0.1, 0.15) is 21.5 Å². The summed E-state index contributed by atoms with van der Waals surface area (Å²) >= 11 is 0. The lowest BCUT2D eigenvalue weighted by Gasteiger charge is -2.15. The third-order valence-electron chi connectivity index (χ3n) is 3.75. The largest absolute Gasteiger partial charge is 0.507 e. The number of phenols is 1. The Balaban J connectivity index is 2.49. The first-order valence-electron chi connectivity index (χ1n) is 7.95. The third-order valence-corrected chi connectivity index (χ3v) is 3.75. The molecule has 2 aromatic rings. The van der Waals surface area contributed by atoms with Crippen molar-refractivity contribution in [2.75, 3.05) is 26.1 Å². The summed E-state index contributed by atoms with van der Waals surface area (Å²) in [6.45, 7) is 3.49.